The number of rotatable bonds is 2. The third kappa shape index (κ3) is 1.88. The summed E-state index contributed by atoms with van der Waals surface area (Å²) in [5.41, 5.74) is 7.78. The molecule has 0 unspecified atom stereocenters. The van der Waals surface area contributed by atoms with Crippen molar-refractivity contribution in [2.45, 2.75) is 38.6 Å². The van der Waals surface area contributed by atoms with E-state index < -0.39 is 0 Å². The summed E-state index contributed by atoms with van der Waals surface area (Å²) in [7, 11) is 0. The lowest BCUT2D eigenvalue weighted by Crippen LogP contribution is -2.42. The molecule has 0 atom stereocenters. The predicted octanol–water partition coefficient (Wildman–Crippen LogP) is 0.343. The zero-order chi connectivity index (χ0) is 9.19. The molecule has 0 aliphatic heterocycles. The lowest BCUT2D eigenvalue weighted by molar-refractivity contribution is 0.200. The number of nitrogens with zero attached hydrogens (tertiary/aromatic N) is 1. The molecule has 0 amide bonds. The van der Waals surface area contributed by atoms with Crippen LogP contribution in [-0.2, 0) is 0 Å². The number of nitrogens with two attached hydrogens (primary N) is 2. The van der Waals surface area contributed by atoms with Crippen molar-refractivity contribution in [3.8, 4) is 0 Å². The Morgan fingerprint density at radius 2 is 2.08 bits per heavy atom. The second-order valence-electron chi connectivity index (χ2n) is 3.92. The molecule has 70 valence electrons. The Morgan fingerprint density at radius 3 is 2.42 bits per heavy atom. The Morgan fingerprint density at radius 1 is 1.50 bits per heavy atom. The molecule has 12 heavy (non-hydrogen) atoms. The Bertz CT molecular complexity index is 181. The molecule has 0 aromatic heterocycles. The van der Waals surface area contributed by atoms with E-state index in [1.807, 2.05) is 0 Å². The van der Waals surface area contributed by atoms with Gasteiger partial charge in [0, 0.05) is 0 Å². The lowest BCUT2D eigenvalue weighted by Gasteiger charge is -2.37. The summed E-state index contributed by atoms with van der Waals surface area (Å²) >= 11 is 0. The number of hydrazine groups is 1. The fourth-order valence-electron chi connectivity index (χ4n) is 1.55. The van der Waals surface area contributed by atoms with Crippen LogP contribution in [0.25, 0.3) is 0 Å². The Kier molecular flexibility index (Phi) is 2.57. The first-order valence-corrected chi connectivity index (χ1v) is 4.38. The maximum Gasteiger partial charge on any atom is 0.203 e. The molecule has 0 saturated heterocycles. The van der Waals surface area contributed by atoms with Crippen LogP contribution in [0.5, 0.6) is 0 Å². The van der Waals surface area contributed by atoms with Crippen molar-refractivity contribution in [3.63, 3.8) is 0 Å². The largest absolute Gasteiger partial charge is 0.369 e. The average molecular weight is 170 g/mol. The average Bonchev–Trinajstić information content (AvgIpc) is 1.80. The minimum Gasteiger partial charge on any atom is -0.369 e. The number of nitrogens with one attached hydrogen (secondary N) is 1. The van der Waals surface area contributed by atoms with Crippen LogP contribution in [0.4, 0.5) is 0 Å². The fraction of sp³-hybridized carbons (Fsp3) is 0.875. The molecule has 0 bridgehead atoms. The number of aliphatic imine (C=N–C) groups is 1. The van der Waals surface area contributed by atoms with E-state index in [1.54, 1.807) is 0 Å². The van der Waals surface area contributed by atoms with E-state index in [1.165, 1.54) is 19.3 Å². The van der Waals surface area contributed by atoms with E-state index in [0.717, 1.165) is 0 Å². The summed E-state index contributed by atoms with van der Waals surface area (Å²) in [6, 6.07) is 0. The molecule has 4 heteroatoms. The normalized spacial score (nSPS) is 20.4. The molecule has 1 aliphatic carbocycles. The van der Waals surface area contributed by atoms with Crippen LogP contribution in [0, 0.1) is 5.92 Å². The third-order valence-corrected chi connectivity index (χ3v) is 2.66. The minimum atomic E-state index is -0.0608. The van der Waals surface area contributed by atoms with Crippen molar-refractivity contribution >= 4 is 5.96 Å². The van der Waals surface area contributed by atoms with Crippen molar-refractivity contribution in [2.75, 3.05) is 0 Å². The molecular formula is C8H18N4. The fourth-order valence-corrected chi connectivity index (χ4v) is 1.55. The third-order valence-electron chi connectivity index (χ3n) is 2.66. The highest BCUT2D eigenvalue weighted by molar-refractivity contribution is 5.77. The summed E-state index contributed by atoms with van der Waals surface area (Å²) < 4.78 is 0. The Labute approximate surface area is 73.4 Å². The van der Waals surface area contributed by atoms with E-state index in [-0.39, 0.29) is 5.54 Å². The van der Waals surface area contributed by atoms with Gasteiger partial charge in [-0.2, -0.15) is 0 Å². The highest BCUT2D eigenvalue weighted by atomic mass is 15.3. The van der Waals surface area contributed by atoms with Crippen LogP contribution in [0.3, 0.4) is 0 Å². The molecule has 1 fully saturated rings. The van der Waals surface area contributed by atoms with Crippen LogP contribution in [-0.4, -0.2) is 11.5 Å². The molecule has 0 aromatic rings. The van der Waals surface area contributed by atoms with Crippen molar-refractivity contribution in [1.29, 1.82) is 0 Å². The predicted molar refractivity (Wildman–Crippen MR) is 50.4 cm³/mol. The number of hydrogen-bond donors (Lipinski definition) is 3. The van der Waals surface area contributed by atoms with Gasteiger partial charge in [0.1, 0.15) is 0 Å². The quantitative estimate of drug-likeness (QED) is 0.242. The molecule has 1 saturated carbocycles. The topological polar surface area (TPSA) is 76.4 Å². The molecule has 0 radical (unpaired) electrons. The lowest BCUT2D eigenvalue weighted by atomic mass is 9.73. The van der Waals surface area contributed by atoms with E-state index in [9.17, 15) is 0 Å². The second-order valence-corrected chi connectivity index (χ2v) is 3.92. The van der Waals surface area contributed by atoms with Crippen molar-refractivity contribution < 1.29 is 0 Å². The Balaban J connectivity index is 2.57. The highest BCUT2D eigenvalue weighted by Crippen LogP contribution is 2.37. The van der Waals surface area contributed by atoms with Gasteiger partial charge in [0.25, 0.3) is 0 Å². The standard InChI is InChI=1S/C8H18N4/c1-8(2,6-4-3-5-6)11-7(9)12-10/h6H,3-5,10H2,1-2H3,(H3,9,11,12). The number of hydrogen-bond acceptors (Lipinski definition) is 2. The van der Waals surface area contributed by atoms with Gasteiger partial charge in [-0.05, 0) is 32.6 Å². The molecule has 0 aromatic carbocycles. The van der Waals surface area contributed by atoms with Gasteiger partial charge in [0.05, 0.1) is 5.54 Å². The molecule has 0 heterocycles. The first kappa shape index (κ1) is 9.32. The van der Waals surface area contributed by atoms with E-state index in [2.05, 4.69) is 24.3 Å². The molecule has 1 aliphatic rings. The monoisotopic (exact) mass is 170 g/mol. The van der Waals surface area contributed by atoms with Crippen molar-refractivity contribution in [1.82, 2.24) is 5.43 Å². The van der Waals surface area contributed by atoms with Crippen LogP contribution < -0.4 is 17.0 Å². The second kappa shape index (κ2) is 3.31. The van der Waals surface area contributed by atoms with Crippen LogP contribution >= 0.6 is 0 Å². The molecule has 5 N–H and O–H groups in total. The van der Waals surface area contributed by atoms with Gasteiger partial charge in [-0.25, -0.2) is 10.8 Å². The maximum absolute atomic E-state index is 5.49. The zero-order valence-corrected chi connectivity index (χ0v) is 7.80. The van der Waals surface area contributed by atoms with E-state index in [4.69, 9.17) is 11.6 Å². The first-order valence-electron chi connectivity index (χ1n) is 4.38. The summed E-state index contributed by atoms with van der Waals surface area (Å²) in [6.45, 7) is 4.20. The van der Waals surface area contributed by atoms with Gasteiger partial charge in [0.2, 0.25) is 5.96 Å². The van der Waals surface area contributed by atoms with Gasteiger partial charge in [-0.3, -0.25) is 5.43 Å². The molecular weight excluding hydrogens is 152 g/mol. The van der Waals surface area contributed by atoms with Crippen LogP contribution in [0.1, 0.15) is 33.1 Å². The van der Waals surface area contributed by atoms with Gasteiger partial charge < -0.3 is 5.73 Å². The highest BCUT2D eigenvalue weighted by Gasteiger charge is 2.33. The maximum atomic E-state index is 5.49. The summed E-state index contributed by atoms with van der Waals surface area (Å²) in [4.78, 5) is 4.31. The zero-order valence-electron chi connectivity index (χ0n) is 7.80. The van der Waals surface area contributed by atoms with Crippen LogP contribution in [0.15, 0.2) is 4.99 Å². The van der Waals surface area contributed by atoms with Crippen LogP contribution in [0.2, 0.25) is 0 Å². The summed E-state index contributed by atoms with van der Waals surface area (Å²) in [5, 5.41) is 0. The first-order chi connectivity index (χ1) is 5.56. The van der Waals surface area contributed by atoms with Crippen molar-refractivity contribution in [3.05, 3.63) is 0 Å². The minimum absolute atomic E-state index is 0.0608. The summed E-state index contributed by atoms with van der Waals surface area (Å²) in [5.74, 6) is 6.13. The molecule has 4 nitrogen and oxygen atoms in total. The van der Waals surface area contributed by atoms with Crippen molar-refractivity contribution in [2.24, 2.45) is 22.5 Å². The van der Waals surface area contributed by atoms with Gasteiger partial charge in [0.15, 0.2) is 0 Å². The number of guanidine groups is 1. The van der Waals surface area contributed by atoms with Gasteiger partial charge in [-0.1, -0.05) is 6.42 Å². The van der Waals surface area contributed by atoms with Gasteiger partial charge in [-0.15, -0.1) is 0 Å². The summed E-state index contributed by atoms with van der Waals surface area (Å²) in [6.07, 6.45) is 3.84. The molecule has 0 spiro atoms. The smallest absolute Gasteiger partial charge is 0.203 e. The van der Waals surface area contributed by atoms with E-state index >= 15 is 0 Å². The van der Waals surface area contributed by atoms with E-state index in [0.29, 0.717) is 11.9 Å². The SMILES string of the molecule is CC(C)(N=C(N)NN)C1CCC1. The van der Waals surface area contributed by atoms with Gasteiger partial charge >= 0.3 is 0 Å². The Hall–Kier alpha value is -0.770. The molecule has 1 rings (SSSR count).